The van der Waals surface area contributed by atoms with Gasteiger partial charge in [0.25, 0.3) is 0 Å². The van der Waals surface area contributed by atoms with Crippen LogP contribution in [0.2, 0.25) is 0 Å². The van der Waals surface area contributed by atoms with Crippen LogP contribution in [0.1, 0.15) is 12.6 Å². The predicted molar refractivity (Wildman–Crippen MR) is 96.0 cm³/mol. The summed E-state index contributed by atoms with van der Waals surface area (Å²) < 4.78 is 3.91. The molecule has 0 saturated heterocycles. The van der Waals surface area contributed by atoms with Crippen LogP contribution in [0.3, 0.4) is 0 Å². The molecule has 0 radical (unpaired) electrons. The van der Waals surface area contributed by atoms with Crippen molar-refractivity contribution in [3.05, 3.63) is 66.9 Å². The fourth-order valence-electron chi connectivity index (χ4n) is 3.06. The lowest BCUT2D eigenvalue weighted by molar-refractivity contribution is -0.132. The van der Waals surface area contributed by atoms with E-state index < -0.39 is 0 Å². The molecular weight excluding hydrogens is 314 g/mol. The summed E-state index contributed by atoms with van der Waals surface area (Å²) in [5.74, 6) is 0.0662. The van der Waals surface area contributed by atoms with E-state index in [2.05, 4.69) is 9.97 Å². The number of carbonyl (C=O) groups excluding carboxylic acids is 1. The van der Waals surface area contributed by atoms with Gasteiger partial charge in [-0.25, -0.2) is 9.97 Å². The number of pyridine rings is 1. The number of carbonyl (C=O) groups is 1. The average Bonchev–Trinajstić information content (AvgIpc) is 3.24. The van der Waals surface area contributed by atoms with Gasteiger partial charge in [0, 0.05) is 12.7 Å². The summed E-state index contributed by atoms with van der Waals surface area (Å²) in [5.41, 5.74) is 3.77. The zero-order valence-corrected chi connectivity index (χ0v) is 14.0. The highest BCUT2D eigenvalue weighted by Crippen LogP contribution is 2.13. The number of likely N-dealkylation sites (N-methyl/N-ethyl adjacent to an activating group) is 1. The van der Waals surface area contributed by atoms with Crippen molar-refractivity contribution in [1.82, 2.24) is 23.8 Å². The van der Waals surface area contributed by atoms with Crippen molar-refractivity contribution in [3.63, 3.8) is 0 Å². The highest BCUT2D eigenvalue weighted by Gasteiger charge is 2.16. The topological polar surface area (TPSA) is 55.4 Å². The van der Waals surface area contributed by atoms with Gasteiger partial charge in [-0.3, -0.25) is 4.79 Å². The summed E-state index contributed by atoms with van der Waals surface area (Å²) in [6.45, 7) is 3.46. The van der Waals surface area contributed by atoms with E-state index in [0.29, 0.717) is 13.1 Å². The van der Waals surface area contributed by atoms with E-state index in [-0.39, 0.29) is 12.5 Å². The Morgan fingerprint density at radius 3 is 2.84 bits per heavy atom. The normalized spacial score (nSPS) is 11.2. The van der Waals surface area contributed by atoms with Crippen LogP contribution in [0.25, 0.3) is 16.7 Å². The van der Waals surface area contributed by atoms with Crippen LogP contribution in [-0.4, -0.2) is 36.3 Å². The second kappa shape index (κ2) is 6.39. The number of hydrogen-bond acceptors (Lipinski definition) is 3. The molecule has 126 valence electrons. The van der Waals surface area contributed by atoms with E-state index >= 15 is 0 Å². The van der Waals surface area contributed by atoms with Gasteiger partial charge in [-0.05, 0) is 31.2 Å². The largest absolute Gasteiger partial charge is 0.336 e. The monoisotopic (exact) mass is 333 g/mol. The molecule has 0 N–H and O–H groups in total. The van der Waals surface area contributed by atoms with Gasteiger partial charge in [0.1, 0.15) is 12.2 Å². The fourth-order valence-corrected chi connectivity index (χ4v) is 3.06. The number of para-hydroxylation sites is 2. The lowest BCUT2D eigenvalue weighted by Gasteiger charge is -2.21. The number of amides is 1. The minimum absolute atomic E-state index is 0.0662. The molecule has 4 rings (SSSR count). The number of aromatic nitrogens is 4. The Balaban J connectivity index is 1.55. The first-order valence-electron chi connectivity index (χ1n) is 8.35. The van der Waals surface area contributed by atoms with Gasteiger partial charge >= 0.3 is 0 Å². The molecule has 4 aromatic rings. The van der Waals surface area contributed by atoms with E-state index in [0.717, 1.165) is 22.4 Å². The average molecular weight is 333 g/mol. The second-order valence-corrected chi connectivity index (χ2v) is 5.95. The van der Waals surface area contributed by atoms with Gasteiger partial charge in [0.15, 0.2) is 0 Å². The zero-order valence-electron chi connectivity index (χ0n) is 14.0. The van der Waals surface area contributed by atoms with Gasteiger partial charge in [-0.15, -0.1) is 0 Å². The molecule has 0 aliphatic rings. The molecule has 0 unspecified atom stereocenters. The standard InChI is InChI=1S/C19H19N5O/c1-2-22(12-15-11-20-18-9-5-6-10-24(15)18)19(25)13-23-14-21-16-7-3-4-8-17(16)23/h3-11,14H,2,12-13H2,1H3. The van der Waals surface area contributed by atoms with Crippen molar-refractivity contribution in [3.8, 4) is 0 Å². The second-order valence-electron chi connectivity index (χ2n) is 5.95. The highest BCUT2D eigenvalue weighted by atomic mass is 16.2. The molecule has 25 heavy (non-hydrogen) atoms. The molecule has 6 nitrogen and oxygen atoms in total. The molecule has 0 saturated carbocycles. The molecule has 0 spiro atoms. The van der Waals surface area contributed by atoms with Crippen LogP contribution < -0.4 is 0 Å². The van der Waals surface area contributed by atoms with E-state index in [4.69, 9.17) is 0 Å². The maximum atomic E-state index is 12.8. The third-order valence-electron chi connectivity index (χ3n) is 4.41. The summed E-state index contributed by atoms with van der Waals surface area (Å²) in [5, 5.41) is 0. The molecular formula is C19H19N5O. The molecule has 3 heterocycles. The van der Waals surface area contributed by atoms with Crippen molar-refractivity contribution < 1.29 is 4.79 Å². The Hall–Kier alpha value is -3.15. The minimum Gasteiger partial charge on any atom is -0.336 e. The third kappa shape index (κ3) is 2.87. The Morgan fingerprint density at radius 1 is 1.12 bits per heavy atom. The maximum absolute atomic E-state index is 12.8. The SMILES string of the molecule is CCN(Cc1cnc2ccccn12)C(=O)Cn1cnc2ccccc21. The summed E-state index contributed by atoms with van der Waals surface area (Å²) in [4.78, 5) is 23.4. The van der Waals surface area contributed by atoms with Crippen molar-refractivity contribution in [2.75, 3.05) is 6.54 Å². The number of fused-ring (bicyclic) bond motifs is 2. The van der Waals surface area contributed by atoms with Gasteiger partial charge in [-0.2, -0.15) is 0 Å². The van der Waals surface area contributed by atoms with Crippen molar-refractivity contribution >= 4 is 22.6 Å². The lowest BCUT2D eigenvalue weighted by atomic mass is 10.3. The van der Waals surface area contributed by atoms with Crippen LogP contribution in [-0.2, 0) is 17.9 Å². The first kappa shape index (κ1) is 15.4. The molecule has 1 aromatic carbocycles. The Labute approximate surface area is 145 Å². The molecule has 0 fully saturated rings. The van der Waals surface area contributed by atoms with Crippen LogP contribution in [0, 0.1) is 0 Å². The summed E-state index contributed by atoms with van der Waals surface area (Å²) >= 11 is 0. The van der Waals surface area contributed by atoms with E-state index in [1.54, 1.807) is 6.33 Å². The van der Waals surface area contributed by atoms with Gasteiger partial charge < -0.3 is 13.9 Å². The fraction of sp³-hybridized carbons (Fsp3) is 0.211. The minimum atomic E-state index is 0.0662. The Morgan fingerprint density at radius 2 is 1.96 bits per heavy atom. The van der Waals surface area contributed by atoms with Gasteiger partial charge in [-0.1, -0.05) is 18.2 Å². The number of rotatable bonds is 5. The highest BCUT2D eigenvalue weighted by molar-refractivity contribution is 5.80. The van der Waals surface area contributed by atoms with Gasteiger partial charge in [0.2, 0.25) is 5.91 Å². The number of imidazole rings is 2. The van der Waals surface area contributed by atoms with Crippen molar-refractivity contribution in [2.45, 2.75) is 20.0 Å². The Bertz CT molecular complexity index is 1030. The smallest absolute Gasteiger partial charge is 0.242 e. The third-order valence-corrected chi connectivity index (χ3v) is 4.41. The van der Waals surface area contributed by atoms with E-state index in [1.807, 2.05) is 75.6 Å². The number of nitrogens with zero attached hydrogens (tertiary/aromatic N) is 5. The van der Waals surface area contributed by atoms with Crippen molar-refractivity contribution in [1.29, 1.82) is 0 Å². The van der Waals surface area contributed by atoms with Crippen molar-refractivity contribution in [2.24, 2.45) is 0 Å². The molecule has 6 heteroatoms. The molecule has 0 bridgehead atoms. The van der Waals surface area contributed by atoms with Gasteiger partial charge in [0.05, 0.1) is 35.8 Å². The molecule has 0 aliphatic carbocycles. The molecule has 0 atom stereocenters. The maximum Gasteiger partial charge on any atom is 0.242 e. The van der Waals surface area contributed by atoms with Crippen LogP contribution in [0.4, 0.5) is 0 Å². The zero-order chi connectivity index (χ0) is 17.2. The van der Waals surface area contributed by atoms with Crippen LogP contribution >= 0.6 is 0 Å². The molecule has 1 amide bonds. The lowest BCUT2D eigenvalue weighted by Crippen LogP contribution is -2.33. The van der Waals surface area contributed by atoms with E-state index in [1.165, 1.54) is 0 Å². The first-order chi connectivity index (χ1) is 12.3. The summed E-state index contributed by atoms with van der Waals surface area (Å²) in [6.07, 6.45) is 5.53. The summed E-state index contributed by atoms with van der Waals surface area (Å²) in [6, 6.07) is 13.7. The number of hydrogen-bond donors (Lipinski definition) is 0. The van der Waals surface area contributed by atoms with E-state index in [9.17, 15) is 4.79 Å². The predicted octanol–water partition coefficient (Wildman–Crippen LogP) is 2.73. The Kier molecular flexibility index (Phi) is 3.93. The number of benzene rings is 1. The van der Waals surface area contributed by atoms with Crippen LogP contribution in [0.15, 0.2) is 61.2 Å². The van der Waals surface area contributed by atoms with Crippen LogP contribution in [0.5, 0.6) is 0 Å². The molecule has 3 aromatic heterocycles. The quantitative estimate of drug-likeness (QED) is 0.564. The molecule has 0 aliphatic heterocycles. The first-order valence-corrected chi connectivity index (χ1v) is 8.35. The summed E-state index contributed by atoms with van der Waals surface area (Å²) in [7, 11) is 0.